The molecule has 1 fully saturated rings. The normalized spacial score (nSPS) is 23.1. The van der Waals surface area contributed by atoms with Crippen LogP contribution in [-0.2, 0) is 14.9 Å². The number of hydrogen-bond donors (Lipinski definition) is 2. The van der Waals surface area contributed by atoms with Crippen molar-refractivity contribution in [1.82, 2.24) is 9.55 Å². The Morgan fingerprint density at radius 1 is 1.45 bits per heavy atom. The van der Waals surface area contributed by atoms with Crippen LogP contribution in [0.15, 0.2) is 15.8 Å². The summed E-state index contributed by atoms with van der Waals surface area (Å²) in [6.45, 7) is 1.58. The Kier molecular flexibility index (Phi) is 4.11. The maximum atomic E-state index is 11.7. The Hall–Kier alpha value is -1.45. The predicted octanol–water partition coefficient (Wildman–Crippen LogP) is -0.199. The van der Waals surface area contributed by atoms with Crippen molar-refractivity contribution in [2.75, 3.05) is 5.75 Å². The van der Waals surface area contributed by atoms with Crippen LogP contribution in [0.2, 0.25) is 0 Å². The van der Waals surface area contributed by atoms with Crippen LogP contribution in [0.5, 0.6) is 0 Å². The number of H-pyrrole nitrogens is 1. The highest BCUT2D eigenvalue weighted by molar-refractivity contribution is 7.85. The van der Waals surface area contributed by atoms with Crippen molar-refractivity contribution in [1.29, 1.82) is 0 Å². The van der Waals surface area contributed by atoms with Gasteiger partial charge in [0.2, 0.25) is 0 Å². The number of nitrogens with one attached hydrogen (secondary N) is 1. The molecule has 2 rings (SSSR count). The van der Waals surface area contributed by atoms with E-state index in [2.05, 4.69) is 4.98 Å². The molecule has 0 radical (unpaired) electrons. The van der Waals surface area contributed by atoms with Crippen LogP contribution in [0.25, 0.3) is 0 Å². The third-order valence-electron chi connectivity index (χ3n) is 3.24. The molecule has 0 aromatic carbocycles. The molecule has 20 heavy (non-hydrogen) atoms. The second-order valence-corrected chi connectivity index (χ2v) is 6.42. The molecule has 1 aliphatic rings. The zero-order chi connectivity index (χ0) is 14.9. The van der Waals surface area contributed by atoms with Crippen LogP contribution in [-0.4, -0.2) is 34.4 Å². The summed E-state index contributed by atoms with van der Waals surface area (Å²) in [5, 5.41) is 0. The highest BCUT2D eigenvalue weighted by Gasteiger charge is 2.28. The third-order valence-corrected chi connectivity index (χ3v) is 3.99. The molecule has 0 aliphatic carbocycles. The van der Waals surface area contributed by atoms with Gasteiger partial charge in [-0.1, -0.05) is 0 Å². The molecule has 8 nitrogen and oxygen atoms in total. The van der Waals surface area contributed by atoms with Crippen LogP contribution < -0.4 is 11.2 Å². The Morgan fingerprint density at radius 2 is 2.15 bits per heavy atom. The van der Waals surface area contributed by atoms with E-state index in [0.717, 1.165) is 0 Å². The van der Waals surface area contributed by atoms with E-state index in [9.17, 15) is 18.0 Å². The van der Waals surface area contributed by atoms with Crippen molar-refractivity contribution in [3.8, 4) is 0 Å². The number of hydrogen-bond acceptors (Lipinski definition) is 5. The quantitative estimate of drug-likeness (QED) is 0.744. The molecule has 2 heterocycles. The molecule has 112 valence electrons. The van der Waals surface area contributed by atoms with Gasteiger partial charge in [-0.3, -0.25) is 18.9 Å². The van der Waals surface area contributed by atoms with Crippen molar-refractivity contribution < 1.29 is 17.7 Å². The number of rotatable bonds is 4. The van der Waals surface area contributed by atoms with E-state index in [1.54, 1.807) is 6.92 Å². The van der Waals surface area contributed by atoms with E-state index in [1.165, 1.54) is 10.8 Å². The standard InChI is InChI=1S/C11H16N2O6S/c1-7-6-13(11(15)12-10(7)14)9-3-2-8(19-9)4-5-20(16,17)18/h6,8-9H,2-5H2,1H3,(H,12,14,15)(H,16,17,18)/t8-,9+/m0/s1. The van der Waals surface area contributed by atoms with E-state index < -0.39 is 27.6 Å². The highest BCUT2D eigenvalue weighted by atomic mass is 32.2. The number of ether oxygens (including phenoxy) is 1. The average molecular weight is 304 g/mol. The maximum Gasteiger partial charge on any atom is 0.330 e. The second kappa shape index (κ2) is 5.51. The fourth-order valence-electron chi connectivity index (χ4n) is 2.18. The van der Waals surface area contributed by atoms with Crippen molar-refractivity contribution in [2.45, 2.75) is 38.5 Å². The van der Waals surface area contributed by atoms with Gasteiger partial charge in [-0.05, 0) is 26.2 Å². The molecular weight excluding hydrogens is 288 g/mol. The monoisotopic (exact) mass is 304 g/mol. The molecule has 1 aromatic heterocycles. The third kappa shape index (κ3) is 3.56. The predicted molar refractivity (Wildman–Crippen MR) is 70.2 cm³/mol. The number of aromatic amines is 1. The van der Waals surface area contributed by atoms with Gasteiger partial charge in [0, 0.05) is 11.8 Å². The number of nitrogens with zero attached hydrogens (tertiary/aromatic N) is 1. The summed E-state index contributed by atoms with van der Waals surface area (Å²) in [5.41, 5.74) is -0.595. The zero-order valence-corrected chi connectivity index (χ0v) is 11.7. The molecule has 1 saturated heterocycles. The van der Waals surface area contributed by atoms with Crippen LogP contribution >= 0.6 is 0 Å². The Balaban J connectivity index is 2.08. The molecular formula is C11H16N2O6S. The molecule has 2 atom stereocenters. The van der Waals surface area contributed by atoms with Gasteiger partial charge < -0.3 is 4.74 Å². The summed E-state index contributed by atoms with van der Waals surface area (Å²) < 4.78 is 36.9. The van der Waals surface area contributed by atoms with Gasteiger partial charge in [-0.25, -0.2) is 4.79 Å². The first kappa shape index (κ1) is 14.9. The Bertz CT molecular complexity index is 704. The van der Waals surface area contributed by atoms with Crippen molar-refractivity contribution >= 4 is 10.1 Å². The van der Waals surface area contributed by atoms with Gasteiger partial charge in [0.1, 0.15) is 6.23 Å². The van der Waals surface area contributed by atoms with Crippen LogP contribution in [0.3, 0.4) is 0 Å². The van der Waals surface area contributed by atoms with E-state index in [-0.39, 0.29) is 18.3 Å². The van der Waals surface area contributed by atoms with E-state index in [4.69, 9.17) is 9.29 Å². The largest absolute Gasteiger partial charge is 0.355 e. The van der Waals surface area contributed by atoms with Crippen LogP contribution in [0, 0.1) is 6.92 Å². The fourth-order valence-corrected chi connectivity index (χ4v) is 2.74. The molecule has 0 unspecified atom stereocenters. The van der Waals surface area contributed by atoms with Gasteiger partial charge >= 0.3 is 5.69 Å². The summed E-state index contributed by atoms with van der Waals surface area (Å²) in [5.74, 6) is -0.371. The lowest BCUT2D eigenvalue weighted by Crippen LogP contribution is -2.33. The smallest absolute Gasteiger partial charge is 0.330 e. The molecule has 9 heteroatoms. The fraction of sp³-hybridized carbons (Fsp3) is 0.636. The Labute approximate surface area is 115 Å². The van der Waals surface area contributed by atoms with Gasteiger partial charge in [0.15, 0.2) is 0 Å². The minimum atomic E-state index is -4.01. The first-order valence-corrected chi connectivity index (χ1v) is 7.80. The minimum absolute atomic E-state index is 0.173. The molecule has 0 spiro atoms. The van der Waals surface area contributed by atoms with Crippen LogP contribution in [0.1, 0.15) is 31.1 Å². The van der Waals surface area contributed by atoms with Gasteiger partial charge in [0.25, 0.3) is 15.7 Å². The summed E-state index contributed by atoms with van der Waals surface area (Å²) in [6.07, 6.45) is 1.88. The molecule has 0 saturated carbocycles. The zero-order valence-electron chi connectivity index (χ0n) is 10.9. The summed E-state index contributed by atoms with van der Waals surface area (Å²) in [4.78, 5) is 25.2. The minimum Gasteiger partial charge on any atom is -0.355 e. The van der Waals surface area contributed by atoms with Crippen molar-refractivity contribution in [3.05, 3.63) is 32.6 Å². The van der Waals surface area contributed by atoms with Gasteiger partial charge in [-0.15, -0.1) is 0 Å². The summed E-state index contributed by atoms with van der Waals surface area (Å²) in [7, 11) is -4.01. The van der Waals surface area contributed by atoms with Crippen LogP contribution in [0.4, 0.5) is 0 Å². The SMILES string of the molecule is Cc1cn([C@H]2CC[C@@H](CCS(=O)(=O)O)O2)c(=O)[nH]c1=O. The van der Waals surface area contributed by atoms with E-state index in [0.29, 0.717) is 18.4 Å². The number of aryl methyl sites for hydroxylation is 1. The van der Waals surface area contributed by atoms with E-state index >= 15 is 0 Å². The van der Waals surface area contributed by atoms with Gasteiger partial charge in [0.05, 0.1) is 11.9 Å². The highest BCUT2D eigenvalue weighted by Crippen LogP contribution is 2.28. The Morgan fingerprint density at radius 3 is 2.80 bits per heavy atom. The lowest BCUT2D eigenvalue weighted by Gasteiger charge is -2.15. The number of aromatic nitrogens is 2. The van der Waals surface area contributed by atoms with Gasteiger partial charge in [-0.2, -0.15) is 8.42 Å². The average Bonchev–Trinajstić information content (AvgIpc) is 2.79. The lowest BCUT2D eigenvalue weighted by atomic mass is 10.2. The summed E-state index contributed by atoms with van der Waals surface area (Å²) in [6, 6.07) is 0. The molecule has 0 bridgehead atoms. The maximum absolute atomic E-state index is 11.7. The first-order valence-electron chi connectivity index (χ1n) is 6.19. The first-order chi connectivity index (χ1) is 9.26. The molecule has 1 aromatic rings. The molecule has 0 amide bonds. The van der Waals surface area contributed by atoms with E-state index in [1.807, 2.05) is 0 Å². The van der Waals surface area contributed by atoms with Crippen molar-refractivity contribution in [2.24, 2.45) is 0 Å². The molecule has 2 N–H and O–H groups in total. The molecule has 1 aliphatic heterocycles. The lowest BCUT2D eigenvalue weighted by molar-refractivity contribution is -0.00192. The summed E-state index contributed by atoms with van der Waals surface area (Å²) >= 11 is 0. The van der Waals surface area contributed by atoms with Crippen molar-refractivity contribution in [3.63, 3.8) is 0 Å². The topological polar surface area (TPSA) is 118 Å². The second-order valence-electron chi connectivity index (χ2n) is 4.84.